The van der Waals surface area contributed by atoms with E-state index in [0.29, 0.717) is 39.5 Å². The average molecular weight is 387 g/mol. The van der Waals surface area contributed by atoms with E-state index >= 15 is 0 Å². The van der Waals surface area contributed by atoms with Crippen molar-refractivity contribution in [1.29, 1.82) is 0 Å². The molecule has 144 valence electrons. The fourth-order valence-electron chi connectivity index (χ4n) is 4.25. The molecule has 2 aliphatic rings. The number of anilines is 1. The number of methoxy groups -OCH3 is 1. The highest BCUT2D eigenvalue weighted by atomic mass is 16.5. The number of rotatable bonds is 2. The molecule has 0 radical (unpaired) electrons. The summed E-state index contributed by atoms with van der Waals surface area (Å²) < 4.78 is 6.89. The van der Waals surface area contributed by atoms with Crippen molar-refractivity contribution in [2.24, 2.45) is 7.05 Å². The number of fused-ring (bicyclic) bond motifs is 3. The Labute approximate surface area is 165 Å². The number of carbonyl (C=O) groups excluding carboxylic acids is 1. The Morgan fingerprint density at radius 2 is 1.66 bits per heavy atom. The first-order chi connectivity index (χ1) is 14.0. The van der Waals surface area contributed by atoms with Crippen molar-refractivity contribution >= 4 is 17.3 Å². The lowest BCUT2D eigenvalue weighted by Gasteiger charge is -2.29. The van der Waals surface area contributed by atoms with Crippen molar-refractivity contribution in [3.8, 4) is 5.75 Å². The predicted octanol–water partition coefficient (Wildman–Crippen LogP) is 2.25. The summed E-state index contributed by atoms with van der Waals surface area (Å²) in [6.07, 6.45) is 0. The summed E-state index contributed by atoms with van der Waals surface area (Å²) in [5, 5.41) is 3.19. The van der Waals surface area contributed by atoms with E-state index in [1.54, 1.807) is 26.3 Å². The molecule has 2 N–H and O–H groups in total. The maximum Gasteiger partial charge on any atom is 0.329 e. The number of aromatic amines is 1. The number of allylic oxidation sites excluding steroid dienone is 1. The third-order valence-electron chi connectivity index (χ3n) is 5.59. The number of hydrogen-bond donors (Lipinski definition) is 2. The van der Waals surface area contributed by atoms with Gasteiger partial charge >= 0.3 is 5.69 Å². The van der Waals surface area contributed by atoms with Crippen LogP contribution in [0.15, 0.2) is 63.7 Å². The molecule has 1 unspecified atom stereocenters. The number of para-hydroxylation sites is 1. The van der Waals surface area contributed by atoms with Crippen LogP contribution in [0, 0.1) is 0 Å². The van der Waals surface area contributed by atoms with Crippen molar-refractivity contribution in [1.82, 2.24) is 9.55 Å². The van der Waals surface area contributed by atoms with E-state index in [1.807, 2.05) is 36.4 Å². The lowest BCUT2D eigenvalue weighted by Crippen LogP contribution is -2.37. The number of nitrogens with zero attached hydrogens (tertiary/aromatic N) is 1. The van der Waals surface area contributed by atoms with Gasteiger partial charge in [0, 0.05) is 29.3 Å². The Balaban J connectivity index is 1.90. The number of benzene rings is 2. The van der Waals surface area contributed by atoms with Crippen LogP contribution in [-0.4, -0.2) is 22.4 Å². The molecule has 0 spiro atoms. The van der Waals surface area contributed by atoms with Gasteiger partial charge in [-0.15, -0.1) is 0 Å². The van der Waals surface area contributed by atoms with Crippen molar-refractivity contribution in [2.75, 3.05) is 12.4 Å². The minimum absolute atomic E-state index is 0.141. The molecule has 0 amide bonds. The highest BCUT2D eigenvalue weighted by Gasteiger charge is 2.43. The van der Waals surface area contributed by atoms with Crippen molar-refractivity contribution in [3.63, 3.8) is 0 Å². The molecule has 0 saturated heterocycles. The second kappa shape index (κ2) is 6.07. The van der Waals surface area contributed by atoms with Gasteiger partial charge in [-0.25, -0.2) is 4.79 Å². The minimum Gasteiger partial charge on any atom is -0.496 e. The summed E-state index contributed by atoms with van der Waals surface area (Å²) in [7, 11) is 3.13. The maximum absolute atomic E-state index is 13.4. The maximum atomic E-state index is 13.4. The Hall–Kier alpha value is -3.87. The lowest BCUT2D eigenvalue weighted by molar-refractivity contribution is 0.103. The third kappa shape index (κ3) is 2.27. The largest absolute Gasteiger partial charge is 0.496 e. The van der Waals surface area contributed by atoms with Gasteiger partial charge in [-0.2, -0.15) is 0 Å². The van der Waals surface area contributed by atoms with Gasteiger partial charge < -0.3 is 10.1 Å². The van der Waals surface area contributed by atoms with Crippen molar-refractivity contribution in [3.05, 3.63) is 97.2 Å². The molecule has 0 fully saturated rings. The number of hydrogen-bond acceptors (Lipinski definition) is 5. The van der Waals surface area contributed by atoms with Crippen LogP contribution in [0.2, 0.25) is 0 Å². The second-order valence-corrected chi connectivity index (χ2v) is 7.04. The van der Waals surface area contributed by atoms with Crippen LogP contribution in [-0.2, 0) is 7.05 Å². The Morgan fingerprint density at radius 3 is 2.41 bits per heavy atom. The van der Waals surface area contributed by atoms with E-state index in [9.17, 15) is 14.4 Å². The molecule has 2 heterocycles. The van der Waals surface area contributed by atoms with Gasteiger partial charge in [-0.05, 0) is 6.07 Å². The zero-order valence-corrected chi connectivity index (χ0v) is 15.8. The molecule has 2 aromatic carbocycles. The molecule has 1 aliphatic carbocycles. The van der Waals surface area contributed by atoms with Gasteiger partial charge in [0.25, 0.3) is 5.56 Å². The fourth-order valence-corrected chi connectivity index (χ4v) is 4.25. The molecule has 5 rings (SSSR count). The minimum atomic E-state index is -0.673. The number of ketones is 1. The van der Waals surface area contributed by atoms with Crippen LogP contribution in [0.3, 0.4) is 0 Å². The smallest absolute Gasteiger partial charge is 0.329 e. The normalized spacial score (nSPS) is 16.8. The van der Waals surface area contributed by atoms with E-state index in [-0.39, 0.29) is 5.78 Å². The van der Waals surface area contributed by atoms with Crippen LogP contribution in [0.5, 0.6) is 5.75 Å². The number of Topliss-reactive ketones (excluding diaryl/α,β-unsaturated/α-hetero) is 1. The zero-order valence-electron chi connectivity index (χ0n) is 15.8. The van der Waals surface area contributed by atoms with E-state index < -0.39 is 17.2 Å². The molecule has 0 bridgehead atoms. The van der Waals surface area contributed by atoms with Crippen molar-refractivity contribution < 1.29 is 9.53 Å². The standard InChI is InChI=1S/C22H17N3O4/c1-25-20-17(21(27)24-22(25)28)15(13-9-5-6-10-14(13)29-2)16-18(23-20)11-7-3-4-8-12(11)19(16)26/h3-10,15,23H,1-2H3,(H,24,27,28). The third-order valence-corrected chi connectivity index (χ3v) is 5.59. The Morgan fingerprint density at radius 1 is 0.966 bits per heavy atom. The molecule has 7 nitrogen and oxygen atoms in total. The van der Waals surface area contributed by atoms with Crippen LogP contribution >= 0.6 is 0 Å². The molecule has 29 heavy (non-hydrogen) atoms. The SMILES string of the molecule is COc1ccccc1C1C2=C(Nc3c1c(=O)[nH]c(=O)n3C)c1ccccc1C2=O. The first kappa shape index (κ1) is 17.2. The van der Waals surface area contributed by atoms with Gasteiger partial charge in [0.05, 0.1) is 24.3 Å². The van der Waals surface area contributed by atoms with E-state index in [1.165, 1.54) is 4.57 Å². The Kier molecular flexibility index (Phi) is 3.61. The predicted molar refractivity (Wildman–Crippen MR) is 108 cm³/mol. The highest BCUT2D eigenvalue weighted by molar-refractivity contribution is 6.23. The summed E-state index contributed by atoms with van der Waals surface area (Å²) >= 11 is 0. The molecule has 0 saturated carbocycles. The van der Waals surface area contributed by atoms with Gasteiger partial charge in [0.2, 0.25) is 0 Å². The highest BCUT2D eigenvalue weighted by Crippen LogP contribution is 2.49. The number of aromatic nitrogens is 2. The average Bonchev–Trinajstić information content (AvgIpc) is 3.03. The molecule has 1 aliphatic heterocycles. The van der Waals surface area contributed by atoms with Gasteiger partial charge in [0.15, 0.2) is 5.78 Å². The van der Waals surface area contributed by atoms with Gasteiger partial charge in [-0.1, -0.05) is 42.5 Å². The molecular weight excluding hydrogens is 370 g/mol. The van der Waals surface area contributed by atoms with Gasteiger partial charge in [-0.3, -0.25) is 19.1 Å². The summed E-state index contributed by atoms with van der Waals surface area (Å²) in [6.45, 7) is 0. The summed E-state index contributed by atoms with van der Waals surface area (Å²) in [4.78, 5) is 40.9. The summed E-state index contributed by atoms with van der Waals surface area (Å²) in [5.41, 5.74) is 2.38. The molecule has 7 heteroatoms. The summed E-state index contributed by atoms with van der Waals surface area (Å²) in [6, 6.07) is 14.6. The topological polar surface area (TPSA) is 93.2 Å². The van der Waals surface area contributed by atoms with E-state index in [0.717, 1.165) is 5.56 Å². The molecule has 3 aromatic rings. The monoisotopic (exact) mass is 387 g/mol. The van der Waals surface area contributed by atoms with Crippen LogP contribution in [0.1, 0.15) is 33.0 Å². The van der Waals surface area contributed by atoms with Crippen LogP contribution in [0.4, 0.5) is 5.82 Å². The number of carbonyl (C=O) groups is 1. The van der Waals surface area contributed by atoms with Crippen LogP contribution < -0.4 is 21.3 Å². The number of H-pyrrole nitrogens is 1. The quantitative estimate of drug-likeness (QED) is 0.704. The van der Waals surface area contributed by atoms with Crippen molar-refractivity contribution in [2.45, 2.75) is 5.92 Å². The number of nitrogens with one attached hydrogen (secondary N) is 2. The fraction of sp³-hybridized carbons (Fsp3) is 0.136. The van der Waals surface area contributed by atoms with E-state index in [4.69, 9.17) is 4.74 Å². The van der Waals surface area contributed by atoms with Crippen LogP contribution in [0.25, 0.3) is 5.70 Å². The van der Waals surface area contributed by atoms with E-state index in [2.05, 4.69) is 10.3 Å². The zero-order chi connectivity index (χ0) is 20.3. The lowest BCUT2D eigenvalue weighted by atomic mass is 9.81. The second-order valence-electron chi connectivity index (χ2n) is 7.04. The summed E-state index contributed by atoms with van der Waals surface area (Å²) in [5.74, 6) is 0.123. The number of ether oxygens (including phenoxy) is 1. The van der Waals surface area contributed by atoms with Gasteiger partial charge in [0.1, 0.15) is 11.6 Å². The first-order valence-corrected chi connectivity index (χ1v) is 9.14. The first-order valence-electron chi connectivity index (χ1n) is 9.14. The molecule has 1 atom stereocenters. The molecular formula is C22H17N3O4. The molecule has 1 aromatic heterocycles. The Bertz CT molecular complexity index is 1350.